The first-order chi connectivity index (χ1) is 20.3. The maximum absolute atomic E-state index is 14.5. The Kier molecular flexibility index (Phi) is 7.10. The van der Waals surface area contributed by atoms with Crippen LogP contribution in [0.15, 0.2) is 67.4 Å². The Hall–Kier alpha value is -5.15. The van der Waals surface area contributed by atoms with Gasteiger partial charge in [0, 0.05) is 62.3 Å². The van der Waals surface area contributed by atoms with Gasteiger partial charge in [-0.15, -0.1) is 0 Å². The predicted molar refractivity (Wildman–Crippen MR) is 155 cm³/mol. The Morgan fingerprint density at radius 1 is 1.00 bits per heavy atom. The second-order valence-electron chi connectivity index (χ2n) is 10.4. The van der Waals surface area contributed by atoms with Crippen LogP contribution in [0.5, 0.6) is 0 Å². The molecule has 1 aliphatic heterocycles. The van der Waals surface area contributed by atoms with Gasteiger partial charge in [0.1, 0.15) is 34.8 Å². The van der Waals surface area contributed by atoms with Crippen LogP contribution in [0.3, 0.4) is 0 Å². The van der Waals surface area contributed by atoms with Crippen LogP contribution in [-0.4, -0.2) is 85.3 Å². The third-order valence-electron chi connectivity index (χ3n) is 7.50. The summed E-state index contributed by atoms with van der Waals surface area (Å²) < 4.78 is 17.9. The van der Waals surface area contributed by atoms with E-state index in [1.807, 2.05) is 25.4 Å². The molecule has 1 fully saturated rings. The average molecular weight is 565 g/mol. The van der Waals surface area contributed by atoms with Gasteiger partial charge in [-0.3, -0.25) is 14.4 Å². The highest BCUT2D eigenvalue weighted by molar-refractivity contribution is 5.84. The van der Waals surface area contributed by atoms with Gasteiger partial charge in [0.15, 0.2) is 0 Å². The number of hydrogen-bond donors (Lipinski definition) is 0. The fourth-order valence-corrected chi connectivity index (χ4v) is 5.36. The number of piperazine rings is 1. The van der Waals surface area contributed by atoms with E-state index in [1.165, 1.54) is 12.3 Å². The van der Waals surface area contributed by atoms with Gasteiger partial charge < -0.3 is 9.80 Å². The lowest BCUT2D eigenvalue weighted by molar-refractivity contribution is -0.136. The lowest BCUT2D eigenvalue weighted by atomic mass is 10.0. The van der Waals surface area contributed by atoms with Crippen LogP contribution in [0.4, 0.5) is 10.2 Å². The number of nitrogens with zero attached hydrogens (tertiary/aromatic N) is 10. The number of anilines is 1. The topological polar surface area (TPSA) is 111 Å². The van der Waals surface area contributed by atoms with E-state index in [-0.39, 0.29) is 11.7 Å². The van der Waals surface area contributed by atoms with Gasteiger partial charge in [0.2, 0.25) is 5.91 Å². The minimum atomic E-state index is -0.691. The molecule has 4 aromatic heterocycles. The van der Waals surface area contributed by atoms with Crippen LogP contribution in [0.1, 0.15) is 17.2 Å². The van der Waals surface area contributed by atoms with Crippen molar-refractivity contribution >= 4 is 17.2 Å². The molecule has 5 aromatic rings. The number of amides is 1. The van der Waals surface area contributed by atoms with Gasteiger partial charge in [-0.25, -0.2) is 18.9 Å². The van der Waals surface area contributed by atoms with Gasteiger partial charge in [-0.2, -0.15) is 15.5 Å². The number of carbonyl (C=O) groups is 1. The number of nitriles is 1. The summed E-state index contributed by atoms with van der Waals surface area (Å²) in [4.78, 5) is 28.7. The number of aryl methyl sites for hydroxylation is 1. The Labute approximate surface area is 242 Å². The summed E-state index contributed by atoms with van der Waals surface area (Å²) in [5.41, 5.74) is 4.26. The molecule has 0 bridgehead atoms. The standard InChI is InChI=1S/C30H29FN10O/c1-37(2)29(23-6-4-5-7-24(23)31)30(42)40-12-10-39(11-13-40)26-9-8-20(15-33-26)27-28-21(14-32)16-35-41(28)19-25(36-27)22-17-34-38(3)18-22/h4-9,15-19,29H,10-13H2,1-3H3. The van der Waals surface area contributed by atoms with E-state index in [2.05, 4.69) is 21.2 Å². The number of likely N-dealkylation sites (N-methyl/N-ethyl adjacent to an activating group) is 1. The first kappa shape index (κ1) is 27.0. The Morgan fingerprint density at radius 2 is 1.79 bits per heavy atom. The predicted octanol–water partition coefficient (Wildman–Crippen LogP) is 3.15. The molecule has 0 spiro atoms. The summed E-state index contributed by atoms with van der Waals surface area (Å²) in [6.45, 7) is 2.18. The molecular weight excluding hydrogens is 535 g/mol. The van der Waals surface area contributed by atoms with Crippen molar-refractivity contribution in [2.45, 2.75) is 6.04 Å². The molecule has 1 atom stereocenters. The van der Waals surface area contributed by atoms with Crippen molar-refractivity contribution in [2.24, 2.45) is 7.05 Å². The van der Waals surface area contributed by atoms with E-state index in [9.17, 15) is 14.4 Å². The monoisotopic (exact) mass is 564 g/mol. The molecule has 6 rings (SSSR count). The third-order valence-corrected chi connectivity index (χ3v) is 7.50. The summed E-state index contributed by atoms with van der Waals surface area (Å²) in [6.07, 6.45) is 8.66. The van der Waals surface area contributed by atoms with Gasteiger partial charge in [0.25, 0.3) is 0 Å². The first-order valence-corrected chi connectivity index (χ1v) is 13.5. The van der Waals surface area contributed by atoms with Crippen molar-refractivity contribution in [3.8, 4) is 28.6 Å². The Balaban J connectivity index is 1.22. The number of rotatable bonds is 6. The van der Waals surface area contributed by atoms with Crippen LogP contribution >= 0.6 is 0 Å². The second-order valence-corrected chi connectivity index (χ2v) is 10.4. The molecule has 1 unspecified atom stereocenters. The van der Waals surface area contributed by atoms with Gasteiger partial charge in [-0.05, 0) is 32.3 Å². The molecule has 1 amide bonds. The molecule has 1 aliphatic rings. The van der Waals surface area contributed by atoms with Crippen LogP contribution in [0.2, 0.25) is 0 Å². The van der Waals surface area contributed by atoms with Gasteiger partial charge in [-0.1, -0.05) is 18.2 Å². The zero-order chi connectivity index (χ0) is 29.4. The number of pyridine rings is 1. The molecule has 11 nitrogen and oxygen atoms in total. The quantitative estimate of drug-likeness (QED) is 0.309. The van der Waals surface area contributed by atoms with Crippen molar-refractivity contribution in [3.05, 3.63) is 84.3 Å². The smallest absolute Gasteiger partial charge is 0.244 e. The van der Waals surface area contributed by atoms with Crippen LogP contribution in [0.25, 0.3) is 28.0 Å². The van der Waals surface area contributed by atoms with Crippen molar-refractivity contribution in [2.75, 3.05) is 45.2 Å². The van der Waals surface area contributed by atoms with E-state index in [0.29, 0.717) is 54.2 Å². The molecule has 1 aromatic carbocycles. The zero-order valence-corrected chi connectivity index (χ0v) is 23.5. The fourth-order valence-electron chi connectivity index (χ4n) is 5.36. The van der Waals surface area contributed by atoms with Gasteiger partial charge >= 0.3 is 0 Å². The molecule has 1 saturated heterocycles. The van der Waals surface area contributed by atoms with E-state index >= 15 is 0 Å². The van der Waals surface area contributed by atoms with Crippen molar-refractivity contribution < 1.29 is 9.18 Å². The fraction of sp³-hybridized carbons (Fsp3) is 0.267. The third kappa shape index (κ3) is 4.95. The molecule has 42 heavy (non-hydrogen) atoms. The Bertz CT molecular complexity index is 1800. The second kappa shape index (κ2) is 11.0. The largest absolute Gasteiger partial charge is 0.353 e. The molecular formula is C30H29FN10O. The number of aromatic nitrogens is 6. The number of hydrogen-bond acceptors (Lipinski definition) is 8. The number of halogens is 1. The molecule has 0 saturated carbocycles. The summed E-state index contributed by atoms with van der Waals surface area (Å²) in [7, 11) is 5.41. The minimum absolute atomic E-state index is 0.120. The van der Waals surface area contributed by atoms with E-state index in [4.69, 9.17) is 9.97 Å². The number of fused-ring (bicyclic) bond motifs is 1. The highest BCUT2D eigenvalue weighted by Crippen LogP contribution is 2.30. The van der Waals surface area contributed by atoms with Crippen molar-refractivity contribution in [3.63, 3.8) is 0 Å². The van der Waals surface area contributed by atoms with E-state index in [0.717, 1.165) is 16.9 Å². The first-order valence-electron chi connectivity index (χ1n) is 13.5. The minimum Gasteiger partial charge on any atom is -0.353 e. The van der Waals surface area contributed by atoms with E-state index < -0.39 is 6.04 Å². The van der Waals surface area contributed by atoms with E-state index in [1.54, 1.807) is 69.9 Å². The van der Waals surface area contributed by atoms with Crippen LogP contribution < -0.4 is 4.90 Å². The molecule has 212 valence electrons. The Morgan fingerprint density at radius 3 is 2.43 bits per heavy atom. The van der Waals surface area contributed by atoms with Crippen molar-refractivity contribution in [1.82, 2.24) is 39.2 Å². The lowest BCUT2D eigenvalue weighted by Gasteiger charge is -2.38. The summed E-state index contributed by atoms with van der Waals surface area (Å²) in [6, 6.07) is 11.8. The number of carbonyl (C=O) groups excluding carboxylic acids is 1. The van der Waals surface area contributed by atoms with Gasteiger partial charge in [0.05, 0.1) is 30.0 Å². The number of benzene rings is 1. The zero-order valence-electron chi connectivity index (χ0n) is 23.5. The highest BCUT2D eigenvalue weighted by atomic mass is 19.1. The molecule has 5 heterocycles. The summed E-state index contributed by atoms with van der Waals surface area (Å²) >= 11 is 0. The molecule has 0 radical (unpaired) electrons. The maximum Gasteiger partial charge on any atom is 0.244 e. The highest BCUT2D eigenvalue weighted by Gasteiger charge is 2.32. The maximum atomic E-state index is 14.5. The normalized spacial score (nSPS) is 14.4. The summed E-state index contributed by atoms with van der Waals surface area (Å²) in [5.74, 6) is 0.270. The SMILES string of the molecule is CN(C)C(C(=O)N1CCN(c2ccc(-c3nc(-c4cnn(C)c4)cn4ncc(C#N)c34)cn2)CC1)c1ccccc1F. The van der Waals surface area contributed by atoms with Crippen LogP contribution in [0, 0.1) is 17.1 Å². The summed E-state index contributed by atoms with van der Waals surface area (Å²) in [5, 5.41) is 18.3. The molecule has 12 heteroatoms. The average Bonchev–Trinajstić information content (AvgIpc) is 3.64. The van der Waals surface area contributed by atoms with Crippen LogP contribution in [-0.2, 0) is 11.8 Å². The molecule has 0 N–H and O–H groups in total. The van der Waals surface area contributed by atoms with Crippen molar-refractivity contribution in [1.29, 1.82) is 5.26 Å². The lowest BCUT2D eigenvalue weighted by Crippen LogP contribution is -2.51. The molecule has 0 aliphatic carbocycles.